The highest BCUT2D eigenvalue weighted by molar-refractivity contribution is 7.85. The molecule has 1 amide bonds. The molecular weight excluding hydrogens is 640 g/mol. The lowest BCUT2D eigenvalue weighted by atomic mass is 9.66. The minimum atomic E-state index is -6.53. The van der Waals surface area contributed by atoms with Gasteiger partial charge in [-0.25, -0.2) is 0 Å². The van der Waals surface area contributed by atoms with E-state index < -0.39 is 93.5 Å². The Morgan fingerprint density at radius 3 is 2.22 bits per heavy atom. The average Bonchev–Trinajstić information content (AvgIpc) is 3.50. The van der Waals surface area contributed by atoms with Gasteiger partial charge in [0, 0.05) is 30.2 Å². The quantitative estimate of drug-likeness (QED) is 0.219. The molecule has 9 unspecified atom stereocenters. The number of ether oxygens (including phenoxy) is 2. The fourth-order valence-corrected chi connectivity index (χ4v) is 9.67. The summed E-state index contributed by atoms with van der Waals surface area (Å²) in [6, 6.07) is -1.32. The number of esters is 2. The second kappa shape index (κ2) is 11.4. The molecule has 1 heterocycles. The summed E-state index contributed by atoms with van der Waals surface area (Å²) in [5, 5.41) is 0. The summed E-state index contributed by atoms with van der Waals surface area (Å²) in [6.45, 7) is 3.22. The number of carbonyl (C=O) groups excluding carboxylic acids is 4. The van der Waals surface area contributed by atoms with Crippen molar-refractivity contribution in [2.45, 2.75) is 101 Å². The van der Waals surface area contributed by atoms with Gasteiger partial charge in [-0.1, -0.05) is 12.8 Å². The first-order chi connectivity index (χ1) is 20.7. The van der Waals surface area contributed by atoms with Crippen molar-refractivity contribution >= 4 is 33.7 Å². The molecule has 0 radical (unpaired) electrons. The number of likely N-dealkylation sites (tertiary alicyclic amines) is 1. The third-order valence-corrected chi connectivity index (χ3v) is 11.3. The van der Waals surface area contributed by atoms with Gasteiger partial charge in [0.15, 0.2) is 0 Å². The first kappa shape index (κ1) is 33.9. The topological polar surface area (TPSA) is 144 Å². The summed E-state index contributed by atoms with van der Waals surface area (Å²) in [4.78, 5) is 54.0. The van der Waals surface area contributed by atoms with Crippen molar-refractivity contribution < 1.29 is 68.0 Å². The van der Waals surface area contributed by atoms with E-state index in [0.717, 1.165) is 25.7 Å². The van der Waals surface area contributed by atoms with Gasteiger partial charge in [0.2, 0.25) is 5.91 Å². The summed E-state index contributed by atoms with van der Waals surface area (Å²) in [5.74, 6) is -11.8. The van der Waals surface area contributed by atoms with Crippen LogP contribution in [-0.2, 0) is 38.8 Å². The summed E-state index contributed by atoms with van der Waals surface area (Å²) in [5.41, 5.74) is -5.62. The predicted molar refractivity (Wildman–Crippen MR) is 139 cm³/mol. The molecule has 5 rings (SSSR count). The summed E-state index contributed by atoms with van der Waals surface area (Å²) in [7, 11) is -6.01. The molecule has 4 saturated carbocycles. The van der Waals surface area contributed by atoms with Gasteiger partial charge in [-0.2, -0.15) is 34.8 Å². The largest absolute Gasteiger partial charge is 0.460 e. The molecule has 5 fully saturated rings. The van der Waals surface area contributed by atoms with Crippen LogP contribution in [-0.4, -0.2) is 83.4 Å². The number of fused-ring (bicyclic) bond motifs is 3. The molecule has 4 bridgehead atoms. The Morgan fingerprint density at radius 1 is 1.00 bits per heavy atom. The zero-order valence-electron chi connectivity index (χ0n) is 24.5. The number of nitrogens with zero attached hydrogens (tertiary/aromatic N) is 1. The van der Waals surface area contributed by atoms with Crippen LogP contribution in [0.25, 0.3) is 0 Å². The SMILES string of the molecule is CC(C)N1C(=O)C2C3CC(C(OC(=O)CCC4CC5CCCC(C5)C4=O)C31)C2C(=O)OC(CS(=O)(=O)O)(C(F)(F)F)C(F)(F)F. The van der Waals surface area contributed by atoms with Crippen LogP contribution in [0.2, 0.25) is 0 Å². The normalized spacial score (nSPS) is 34.9. The third-order valence-electron chi connectivity index (χ3n) is 10.5. The summed E-state index contributed by atoms with van der Waals surface area (Å²) >= 11 is 0. The number of hydrogen-bond donors (Lipinski definition) is 1. The lowest BCUT2D eigenvalue weighted by molar-refractivity contribution is -0.362. The molecule has 254 valence electrons. The van der Waals surface area contributed by atoms with Crippen LogP contribution >= 0.6 is 0 Å². The predicted octanol–water partition coefficient (Wildman–Crippen LogP) is 3.87. The van der Waals surface area contributed by atoms with Crippen molar-refractivity contribution in [2.24, 2.45) is 41.4 Å². The number of alkyl halides is 6. The Labute approximate surface area is 255 Å². The van der Waals surface area contributed by atoms with Crippen molar-refractivity contribution in [3.05, 3.63) is 0 Å². The molecule has 5 aliphatic rings. The van der Waals surface area contributed by atoms with Crippen molar-refractivity contribution in [3.8, 4) is 0 Å². The first-order valence-corrected chi connectivity index (χ1v) is 16.6. The maximum atomic E-state index is 13.9. The monoisotopic (exact) mass is 675 g/mol. The number of Topliss-reactive ketones (excluding diaryl/α,β-unsaturated/α-hetero) is 1. The third kappa shape index (κ3) is 5.84. The molecular formula is C28H35F6NO9S. The van der Waals surface area contributed by atoms with E-state index in [4.69, 9.17) is 9.29 Å². The van der Waals surface area contributed by atoms with Gasteiger partial charge in [-0.3, -0.25) is 23.7 Å². The second-order valence-electron chi connectivity index (χ2n) is 13.5. The average molecular weight is 676 g/mol. The standard InChI is InChI=1S/C28H35F6NO9S/c1-12(2)35-21-16-10-17(23(21)43-18(36)7-6-15-9-13-4-3-5-14(8-13)22(15)37)20(19(16)24(35)38)25(39)44-26(27(29,30)31,28(32,33)34)11-45(40,41)42/h12-17,19-21,23H,3-11H2,1-2H3,(H,40,41,42). The van der Waals surface area contributed by atoms with Crippen LogP contribution in [0.3, 0.4) is 0 Å². The van der Waals surface area contributed by atoms with E-state index >= 15 is 0 Å². The number of ketones is 1. The molecule has 9 atom stereocenters. The van der Waals surface area contributed by atoms with E-state index in [2.05, 4.69) is 4.74 Å². The molecule has 17 heteroatoms. The Bertz CT molecular complexity index is 1330. The molecule has 0 aromatic rings. The van der Waals surface area contributed by atoms with E-state index in [1.165, 1.54) is 4.90 Å². The smallest absolute Gasteiger partial charge is 0.438 e. The van der Waals surface area contributed by atoms with Gasteiger partial charge in [-0.05, 0) is 57.8 Å². The van der Waals surface area contributed by atoms with E-state index in [-0.39, 0.29) is 36.9 Å². The molecule has 10 nitrogen and oxygen atoms in total. The molecule has 1 aliphatic heterocycles. The van der Waals surface area contributed by atoms with Gasteiger partial charge in [-0.15, -0.1) is 0 Å². The number of hydrogen-bond acceptors (Lipinski definition) is 8. The van der Waals surface area contributed by atoms with Crippen molar-refractivity contribution in [1.82, 2.24) is 4.90 Å². The van der Waals surface area contributed by atoms with Crippen LogP contribution in [0, 0.1) is 41.4 Å². The Kier molecular flexibility index (Phi) is 8.57. The molecule has 0 spiro atoms. The number of rotatable bonds is 9. The zero-order valence-corrected chi connectivity index (χ0v) is 25.3. The minimum absolute atomic E-state index is 0.0433. The van der Waals surface area contributed by atoms with Crippen LogP contribution in [0.5, 0.6) is 0 Å². The van der Waals surface area contributed by atoms with Gasteiger partial charge < -0.3 is 14.4 Å². The van der Waals surface area contributed by atoms with Crippen molar-refractivity contribution in [3.63, 3.8) is 0 Å². The van der Waals surface area contributed by atoms with Crippen LogP contribution < -0.4 is 0 Å². The Morgan fingerprint density at radius 2 is 1.64 bits per heavy atom. The number of carbonyl (C=O) groups is 4. The van der Waals surface area contributed by atoms with Gasteiger partial charge in [0.1, 0.15) is 17.6 Å². The maximum absolute atomic E-state index is 13.9. The lowest BCUT2D eigenvalue weighted by Gasteiger charge is -2.39. The van der Waals surface area contributed by atoms with Crippen molar-refractivity contribution in [1.29, 1.82) is 0 Å². The van der Waals surface area contributed by atoms with Gasteiger partial charge >= 0.3 is 29.9 Å². The first-order valence-electron chi connectivity index (χ1n) is 15.0. The molecule has 4 aliphatic carbocycles. The van der Waals surface area contributed by atoms with E-state index in [0.29, 0.717) is 12.3 Å². The van der Waals surface area contributed by atoms with Crippen LogP contribution in [0.15, 0.2) is 0 Å². The molecule has 0 aromatic heterocycles. The van der Waals surface area contributed by atoms with Gasteiger partial charge in [0.05, 0.1) is 17.9 Å². The van der Waals surface area contributed by atoms with Crippen molar-refractivity contribution in [2.75, 3.05) is 5.75 Å². The summed E-state index contributed by atoms with van der Waals surface area (Å²) < 4.78 is 125. The number of amides is 1. The maximum Gasteiger partial charge on any atom is 0.438 e. The van der Waals surface area contributed by atoms with E-state index in [1.807, 2.05) is 0 Å². The Balaban J connectivity index is 1.39. The highest BCUT2D eigenvalue weighted by atomic mass is 32.2. The fourth-order valence-electron chi connectivity index (χ4n) is 8.77. The fraction of sp³-hybridized carbons (Fsp3) is 0.857. The molecule has 0 aromatic carbocycles. The summed E-state index contributed by atoms with van der Waals surface area (Å²) in [6.07, 6.45) is -10.1. The lowest BCUT2D eigenvalue weighted by Crippen LogP contribution is -2.64. The van der Waals surface area contributed by atoms with Crippen LogP contribution in [0.4, 0.5) is 26.3 Å². The highest BCUT2D eigenvalue weighted by Gasteiger charge is 2.78. The molecule has 45 heavy (non-hydrogen) atoms. The zero-order chi connectivity index (χ0) is 33.4. The number of halogens is 6. The van der Waals surface area contributed by atoms with Gasteiger partial charge in [0.25, 0.3) is 10.1 Å². The van der Waals surface area contributed by atoms with E-state index in [1.54, 1.807) is 13.8 Å². The second-order valence-corrected chi connectivity index (χ2v) is 14.9. The highest BCUT2D eigenvalue weighted by Crippen LogP contribution is 2.61. The van der Waals surface area contributed by atoms with E-state index in [9.17, 15) is 53.9 Å². The molecule has 1 saturated heterocycles. The van der Waals surface area contributed by atoms with Crippen LogP contribution in [0.1, 0.15) is 65.2 Å². The molecule has 1 N–H and O–H groups in total. The minimum Gasteiger partial charge on any atom is -0.460 e. The Hall–Kier alpha value is -2.43.